The van der Waals surface area contributed by atoms with E-state index in [0.29, 0.717) is 10.7 Å². The third kappa shape index (κ3) is 2.33. The van der Waals surface area contributed by atoms with E-state index in [2.05, 4.69) is 15.3 Å². The fourth-order valence-corrected chi connectivity index (χ4v) is 3.55. The van der Waals surface area contributed by atoms with Gasteiger partial charge in [0.25, 0.3) is 5.91 Å². The van der Waals surface area contributed by atoms with Gasteiger partial charge in [-0.3, -0.25) is 9.69 Å². The van der Waals surface area contributed by atoms with E-state index < -0.39 is 0 Å². The summed E-state index contributed by atoms with van der Waals surface area (Å²) in [5, 5.41) is 8.89. The first kappa shape index (κ1) is 14.8. The van der Waals surface area contributed by atoms with E-state index in [1.54, 1.807) is 22.7 Å². The highest BCUT2D eigenvalue weighted by molar-refractivity contribution is 7.22. The molecule has 120 valence electrons. The molecule has 0 aliphatic rings. The van der Waals surface area contributed by atoms with Crippen LogP contribution >= 0.6 is 11.3 Å². The average Bonchev–Trinajstić information content (AvgIpc) is 3.23. The Labute approximate surface area is 142 Å². The first-order valence-electron chi connectivity index (χ1n) is 7.64. The fourth-order valence-electron chi connectivity index (χ4n) is 2.62. The van der Waals surface area contributed by atoms with Gasteiger partial charge in [-0.15, -0.1) is 5.10 Å². The number of hydrogen-bond acceptors (Lipinski definition) is 5. The van der Waals surface area contributed by atoms with Crippen molar-refractivity contribution in [3.63, 3.8) is 0 Å². The predicted molar refractivity (Wildman–Crippen MR) is 95.6 cm³/mol. The summed E-state index contributed by atoms with van der Waals surface area (Å²) in [5.41, 5.74) is 3.13. The standard InChI is InChI=1S/C17H15N5OS/c1-3-22-14-9-8-11(10-13(14)19-20-22)16(23)21(2)17-18-12-6-4-5-7-15(12)24-17/h4-10H,3H2,1-2H3. The number of carbonyl (C=O) groups is 1. The molecule has 0 radical (unpaired) electrons. The molecule has 0 fully saturated rings. The Morgan fingerprint density at radius 3 is 2.83 bits per heavy atom. The number of fused-ring (bicyclic) bond motifs is 2. The number of anilines is 1. The minimum Gasteiger partial charge on any atom is -0.287 e. The summed E-state index contributed by atoms with van der Waals surface area (Å²) in [6, 6.07) is 13.3. The van der Waals surface area contributed by atoms with Gasteiger partial charge in [0.1, 0.15) is 5.52 Å². The first-order chi connectivity index (χ1) is 11.7. The highest BCUT2D eigenvalue weighted by Crippen LogP contribution is 2.28. The quantitative estimate of drug-likeness (QED) is 0.575. The number of aromatic nitrogens is 4. The molecule has 0 N–H and O–H groups in total. The number of thiazole rings is 1. The molecule has 0 aliphatic heterocycles. The van der Waals surface area contributed by atoms with Crippen molar-refractivity contribution in [1.29, 1.82) is 0 Å². The molecule has 2 aromatic heterocycles. The fraction of sp³-hybridized carbons (Fsp3) is 0.176. The van der Waals surface area contributed by atoms with Gasteiger partial charge in [-0.2, -0.15) is 0 Å². The lowest BCUT2D eigenvalue weighted by atomic mass is 10.2. The molecule has 2 heterocycles. The molecule has 0 atom stereocenters. The molecule has 0 saturated heterocycles. The summed E-state index contributed by atoms with van der Waals surface area (Å²) in [7, 11) is 1.74. The number of amides is 1. The van der Waals surface area contributed by atoms with Crippen LogP contribution in [0.4, 0.5) is 5.13 Å². The van der Waals surface area contributed by atoms with Crippen molar-refractivity contribution >= 4 is 43.6 Å². The Balaban J connectivity index is 1.69. The third-order valence-electron chi connectivity index (χ3n) is 3.93. The van der Waals surface area contributed by atoms with Gasteiger partial charge in [-0.1, -0.05) is 28.7 Å². The highest BCUT2D eigenvalue weighted by Gasteiger charge is 2.18. The van der Waals surface area contributed by atoms with E-state index >= 15 is 0 Å². The van der Waals surface area contributed by atoms with Gasteiger partial charge < -0.3 is 0 Å². The van der Waals surface area contributed by atoms with Crippen molar-refractivity contribution in [3.05, 3.63) is 48.0 Å². The Morgan fingerprint density at radius 2 is 2.04 bits per heavy atom. The number of hydrogen-bond donors (Lipinski definition) is 0. The molecule has 7 heteroatoms. The molecule has 2 aromatic carbocycles. The molecule has 24 heavy (non-hydrogen) atoms. The predicted octanol–water partition coefficient (Wildman–Crippen LogP) is 3.34. The van der Waals surface area contributed by atoms with E-state index in [1.165, 1.54) is 11.3 Å². The average molecular weight is 337 g/mol. The van der Waals surface area contributed by atoms with Crippen molar-refractivity contribution in [1.82, 2.24) is 20.0 Å². The van der Waals surface area contributed by atoms with Crippen molar-refractivity contribution < 1.29 is 4.79 Å². The second-order valence-electron chi connectivity index (χ2n) is 5.44. The van der Waals surface area contributed by atoms with Crippen LogP contribution in [-0.2, 0) is 6.54 Å². The normalized spacial score (nSPS) is 11.2. The lowest BCUT2D eigenvalue weighted by molar-refractivity contribution is 0.0993. The third-order valence-corrected chi connectivity index (χ3v) is 5.05. The van der Waals surface area contributed by atoms with E-state index in [4.69, 9.17) is 0 Å². The number of benzene rings is 2. The zero-order chi connectivity index (χ0) is 16.7. The Morgan fingerprint density at radius 1 is 1.21 bits per heavy atom. The summed E-state index contributed by atoms with van der Waals surface area (Å²) < 4.78 is 2.87. The molecule has 0 aliphatic carbocycles. The molecule has 6 nitrogen and oxygen atoms in total. The van der Waals surface area contributed by atoms with Gasteiger partial charge in [0.05, 0.1) is 15.7 Å². The molecule has 4 aromatic rings. The molecular formula is C17H15N5OS. The maximum absolute atomic E-state index is 12.8. The zero-order valence-corrected chi connectivity index (χ0v) is 14.1. The number of rotatable bonds is 3. The van der Waals surface area contributed by atoms with Gasteiger partial charge in [-0.25, -0.2) is 9.67 Å². The van der Waals surface area contributed by atoms with Crippen LogP contribution in [0.1, 0.15) is 17.3 Å². The first-order valence-corrected chi connectivity index (χ1v) is 8.46. The minimum atomic E-state index is -0.109. The molecule has 4 rings (SSSR count). The van der Waals surface area contributed by atoms with Crippen LogP contribution in [0, 0.1) is 0 Å². The van der Waals surface area contributed by atoms with Crippen molar-refractivity contribution in [2.75, 3.05) is 11.9 Å². The Bertz CT molecular complexity index is 1020. The molecular weight excluding hydrogens is 322 g/mol. The molecule has 0 unspecified atom stereocenters. The summed E-state index contributed by atoms with van der Waals surface area (Å²) in [6.07, 6.45) is 0. The van der Waals surface area contributed by atoms with Crippen LogP contribution in [0.25, 0.3) is 21.3 Å². The number of aryl methyl sites for hydroxylation is 1. The van der Waals surface area contributed by atoms with Gasteiger partial charge in [-0.05, 0) is 37.3 Å². The van der Waals surface area contributed by atoms with Crippen LogP contribution in [0.2, 0.25) is 0 Å². The second kappa shape index (κ2) is 5.68. The van der Waals surface area contributed by atoms with Crippen LogP contribution in [0.5, 0.6) is 0 Å². The minimum absolute atomic E-state index is 0.109. The maximum Gasteiger partial charge on any atom is 0.259 e. The summed E-state index contributed by atoms with van der Waals surface area (Å²) >= 11 is 1.50. The topological polar surface area (TPSA) is 63.9 Å². The highest BCUT2D eigenvalue weighted by atomic mass is 32.1. The van der Waals surface area contributed by atoms with Crippen molar-refractivity contribution in [2.45, 2.75) is 13.5 Å². The van der Waals surface area contributed by atoms with Gasteiger partial charge in [0, 0.05) is 19.2 Å². The van der Waals surface area contributed by atoms with Gasteiger partial charge in [0.2, 0.25) is 0 Å². The van der Waals surface area contributed by atoms with Gasteiger partial charge >= 0.3 is 0 Å². The van der Waals surface area contributed by atoms with E-state index in [1.807, 2.05) is 43.3 Å². The molecule has 1 amide bonds. The summed E-state index contributed by atoms with van der Waals surface area (Å²) in [4.78, 5) is 18.9. The van der Waals surface area contributed by atoms with Crippen molar-refractivity contribution in [2.24, 2.45) is 0 Å². The van der Waals surface area contributed by atoms with Crippen molar-refractivity contribution in [3.8, 4) is 0 Å². The lowest BCUT2D eigenvalue weighted by Crippen LogP contribution is -2.26. The smallest absolute Gasteiger partial charge is 0.259 e. The number of carbonyl (C=O) groups excluding carboxylic acids is 1. The van der Waals surface area contributed by atoms with Crippen LogP contribution in [-0.4, -0.2) is 32.9 Å². The lowest BCUT2D eigenvalue weighted by Gasteiger charge is -2.13. The molecule has 0 saturated carbocycles. The second-order valence-corrected chi connectivity index (χ2v) is 6.45. The Kier molecular flexibility index (Phi) is 3.50. The summed E-state index contributed by atoms with van der Waals surface area (Å²) in [5.74, 6) is -0.109. The zero-order valence-electron chi connectivity index (χ0n) is 13.3. The number of para-hydroxylation sites is 1. The number of nitrogens with zero attached hydrogens (tertiary/aromatic N) is 5. The maximum atomic E-state index is 12.8. The molecule has 0 spiro atoms. The monoisotopic (exact) mass is 337 g/mol. The van der Waals surface area contributed by atoms with E-state index in [0.717, 1.165) is 27.8 Å². The SMILES string of the molecule is CCn1nnc2cc(C(=O)N(C)c3nc4ccccc4s3)ccc21. The molecule has 0 bridgehead atoms. The summed E-state index contributed by atoms with van der Waals surface area (Å²) in [6.45, 7) is 2.75. The van der Waals surface area contributed by atoms with Crippen LogP contribution < -0.4 is 4.90 Å². The Hall–Kier alpha value is -2.80. The van der Waals surface area contributed by atoms with Gasteiger partial charge in [0.15, 0.2) is 5.13 Å². The van der Waals surface area contributed by atoms with E-state index in [9.17, 15) is 4.79 Å². The van der Waals surface area contributed by atoms with Crippen LogP contribution in [0.3, 0.4) is 0 Å². The van der Waals surface area contributed by atoms with Crippen LogP contribution in [0.15, 0.2) is 42.5 Å². The largest absolute Gasteiger partial charge is 0.287 e. The van der Waals surface area contributed by atoms with E-state index in [-0.39, 0.29) is 5.91 Å².